The number of benzene rings is 2. The fourth-order valence-corrected chi connectivity index (χ4v) is 6.06. The van der Waals surface area contributed by atoms with Crippen LogP contribution in [0.25, 0.3) is 0 Å². The van der Waals surface area contributed by atoms with E-state index in [0.29, 0.717) is 32.5 Å². The van der Waals surface area contributed by atoms with Gasteiger partial charge in [-0.15, -0.1) is 0 Å². The van der Waals surface area contributed by atoms with Crippen molar-refractivity contribution in [2.75, 3.05) is 31.1 Å². The molecule has 1 aromatic heterocycles. The summed E-state index contributed by atoms with van der Waals surface area (Å²) < 4.78 is 1.89. The van der Waals surface area contributed by atoms with Crippen LogP contribution in [0.1, 0.15) is 60.2 Å². The Morgan fingerprint density at radius 3 is 2.34 bits per heavy atom. The molecule has 0 N–H and O–H groups in total. The summed E-state index contributed by atoms with van der Waals surface area (Å²) in [4.78, 5) is 33.7. The molecule has 1 aliphatic heterocycles. The summed E-state index contributed by atoms with van der Waals surface area (Å²) in [5.74, 6) is 0.493. The quantitative estimate of drug-likeness (QED) is 0.379. The second-order valence-electron chi connectivity index (χ2n) is 11.6. The van der Waals surface area contributed by atoms with Crippen molar-refractivity contribution >= 4 is 29.1 Å². The lowest BCUT2D eigenvalue weighted by molar-refractivity contribution is -0.131. The maximum atomic E-state index is 13.8. The lowest BCUT2D eigenvalue weighted by Crippen LogP contribution is -2.39. The smallest absolute Gasteiger partial charge is 0.230 e. The molecule has 0 atom stereocenters. The number of hydrogen-bond acceptors (Lipinski definition) is 4. The van der Waals surface area contributed by atoms with Crippen molar-refractivity contribution < 1.29 is 9.59 Å². The van der Waals surface area contributed by atoms with E-state index in [-0.39, 0.29) is 17.7 Å². The number of aryl methyl sites for hydroxylation is 2. The molecule has 8 heteroatoms. The Hall–Kier alpha value is -3.16. The maximum Gasteiger partial charge on any atom is 0.230 e. The zero-order valence-electron chi connectivity index (χ0n) is 24.6. The van der Waals surface area contributed by atoms with Gasteiger partial charge in [0.05, 0.1) is 5.69 Å². The number of para-hydroxylation sites is 1. The molecule has 218 valence electrons. The molecule has 1 fully saturated rings. The van der Waals surface area contributed by atoms with Gasteiger partial charge in [0, 0.05) is 75.1 Å². The van der Waals surface area contributed by atoms with Crippen molar-refractivity contribution in [3.63, 3.8) is 0 Å². The lowest BCUT2D eigenvalue weighted by Gasteiger charge is -2.32. The number of carbonyl (C=O) groups is 2. The number of anilines is 1. The van der Waals surface area contributed by atoms with Crippen LogP contribution < -0.4 is 4.90 Å². The average molecular weight is 576 g/mol. The monoisotopic (exact) mass is 575 g/mol. The summed E-state index contributed by atoms with van der Waals surface area (Å²) in [6, 6.07) is 16.2. The lowest BCUT2D eigenvalue weighted by atomic mass is 10.1. The highest BCUT2D eigenvalue weighted by molar-refractivity contribution is 6.30. The van der Waals surface area contributed by atoms with Gasteiger partial charge in [0.2, 0.25) is 11.8 Å². The van der Waals surface area contributed by atoms with Crippen LogP contribution in [-0.4, -0.2) is 57.6 Å². The van der Waals surface area contributed by atoms with Gasteiger partial charge >= 0.3 is 0 Å². The Kier molecular flexibility index (Phi) is 9.46. The minimum Gasteiger partial charge on any atom is -0.338 e. The van der Waals surface area contributed by atoms with Crippen LogP contribution in [-0.2, 0) is 36.1 Å². The molecule has 2 aliphatic rings. The zero-order chi connectivity index (χ0) is 28.9. The highest BCUT2D eigenvalue weighted by atomic mass is 35.5. The van der Waals surface area contributed by atoms with E-state index >= 15 is 0 Å². The first-order chi connectivity index (χ1) is 19.8. The predicted molar refractivity (Wildman–Crippen MR) is 164 cm³/mol. The summed E-state index contributed by atoms with van der Waals surface area (Å²) in [5.41, 5.74) is 6.47. The van der Waals surface area contributed by atoms with Crippen molar-refractivity contribution in [2.24, 2.45) is 13.0 Å². The fourth-order valence-electron chi connectivity index (χ4n) is 5.93. The van der Waals surface area contributed by atoms with Crippen LogP contribution in [0.5, 0.6) is 0 Å². The summed E-state index contributed by atoms with van der Waals surface area (Å²) in [5, 5.41) is 5.27. The Balaban J connectivity index is 1.38. The molecule has 1 saturated carbocycles. The number of aromatic nitrogens is 2. The molecule has 5 rings (SSSR count). The van der Waals surface area contributed by atoms with Crippen molar-refractivity contribution in [1.29, 1.82) is 0 Å². The van der Waals surface area contributed by atoms with Gasteiger partial charge in [0.15, 0.2) is 0 Å². The number of halogens is 1. The van der Waals surface area contributed by atoms with E-state index < -0.39 is 0 Å². The topological polar surface area (TPSA) is 61.7 Å². The fraction of sp³-hybridized carbons (Fsp3) is 0.485. The molecule has 1 aliphatic carbocycles. The van der Waals surface area contributed by atoms with E-state index in [1.807, 2.05) is 52.7 Å². The van der Waals surface area contributed by atoms with Gasteiger partial charge in [0.1, 0.15) is 0 Å². The first-order valence-electron chi connectivity index (χ1n) is 14.9. The summed E-state index contributed by atoms with van der Waals surface area (Å²) >= 11 is 6.13. The minimum absolute atomic E-state index is 0.129. The SMILES string of the molecule is Cc1nn(C)c(C)c1CCC(=O)N1CCCN(Cc2ccc(Cl)cc2)CCCN(C(=O)C2CC2)c2ccccc2C1. The third-order valence-electron chi connectivity index (χ3n) is 8.51. The second kappa shape index (κ2) is 13.2. The Bertz CT molecular complexity index is 1360. The van der Waals surface area contributed by atoms with Crippen LogP contribution in [0.4, 0.5) is 5.69 Å². The zero-order valence-corrected chi connectivity index (χ0v) is 25.4. The van der Waals surface area contributed by atoms with Gasteiger partial charge in [0.25, 0.3) is 0 Å². The number of amides is 2. The van der Waals surface area contributed by atoms with Gasteiger partial charge in [-0.1, -0.05) is 41.9 Å². The van der Waals surface area contributed by atoms with Gasteiger partial charge in [-0.3, -0.25) is 19.2 Å². The molecular weight excluding hydrogens is 534 g/mol. The van der Waals surface area contributed by atoms with Gasteiger partial charge < -0.3 is 9.80 Å². The van der Waals surface area contributed by atoms with Crippen LogP contribution in [0.3, 0.4) is 0 Å². The maximum absolute atomic E-state index is 13.8. The number of nitrogens with zero attached hydrogens (tertiary/aromatic N) is 5. The van der Waals surface area contributed by atoms with Crippen LogP contribution >= 0.6 is 11.6 Å². The highest BCUT2D eigenvalue weighted by Gasteiger charge is 2.35. The second-order valence-corrected chi connectivity index (χ2v) is 12.0. The Morgan fingerprint density at radius 2 is 1.66 bits per heavy atom. The third kappa shape index (κ3) is 7.38. The van der Waals surface area contributed by atoms with Crippen molar-refractivity contribution in [3.05, 3.63) is 81.6 Å². The van der Waals surface area contributed by atoms with Crippen molar-refractivity contribution in [2.45, 2.75) is 65.5 Å². The standard InChI is InChI=1S/C33H42ClN5O2/c1-24-30(25(2)36(3)35-24)16-17-32(40)38-20-6-18-37(22-26-10-14-29(34)15-11-26)19-7-21-39(33(41)27-12-13-27)31-9-5-4-8-28(31)23-38/h4-5,8-11,14-15,27H,6-7,12-13,16-23H2,1-3H3. The van der Waals surface area contributed by atoms with E-state index in [0.717, 1.165) is 78.5 Å². The Morgan fingerprint density at radius 1 is 0.951 bits per heavy atom. The number of rotatable bonds is 6. The van der Waals surface area contributed by atoms with Crippen LogP contribution in [0.15, 0.2) is 48.5 Å². The normalized spacial score (nSPS) is 17.1. The number of hydrogen-bond donors (Lipinski definition) is 0. The van der Waals surface area contributed by atoms with Gasteiger partial charge in [-0.25, -0.2) is 0 Å². The van der Waals surface area contributed by atoms with Crippen molar-refractivity contribution in [1.82, 2.24) is 19.6 Å². The largest absolute Gasteiger partial charge is 0.338 e. The van der Waals surface area contributed by atoms with E-state index in [4.69, 9.17) is 11.6 Å². The predicted octanol–water partition coefficient (Wildman–Crippen LogP) is 5.69. The average Bonchev–Trinajstić information content (AvgIpc) is 3.77. The minimum atomic E-state index is 0.129. The third-order valence-corrected chi connectivity index (χ3v) is 8.77. The number of carbonyl (C=O) groups excluding carboxylic acids is 2. The summed E-state index contributed by atoms with van der Waals surface area (Å²) in [6.45, 7) is 8.51. The van der Waals surface area contributed by atoms with Gasteiger partial charge in [-0.05, 0) is 80.8 Å². The molecule has 2 heterocycles. The molecule has 0 unspecified atom stereocenters. The highest BCUT2D eigenvalue weighted by Crippen LogP contribution is 2.34. The van der Waals surface area contributed by atoms with E-state index in [1.54, 1.807) is 0 Å². The van der Waals surface area contributed by atoms with Gasteiger partial charge in [-0.2, -0.15) is 5.10 Å². The Labute approximate surface area is 249 Å². The molecule has 0 saturated heterocycles. The van der Waals surface area contributed by atoms with Crippen LogP contribution in [0.2, 0.25) is 5.02 Å². The summed E-state index contributed by atoms with van der Waals surface area (Å²) in [6.07, 6.45) is 4.84. The molecule has 3 aromatic rings. The molecule has 2 aromatic carbocycles. The molecule has 7 nitrogen and oxygen atoms in total. The van der Waals surface area contributed by atoms with E-state index in [1.165, 1.54) is 5.56 Å². The first kappa shape index (κ1) is 29.3. The van der Waals surface area contributed by atoms with Crippen molar-refractivity contribution in [3.8, 4) is 0 Å². The molecule has 0 bridgehead atoms. The molecular formula is C33H42ClN5O2. The molecule has 2 amide bonds. The molecule has 0 spiro atoms. The summed E-state index contributed by atoms with van der Waals surface area (Å²) in [7, 11) is 1.95. The number of fused-ring (bicyclic) bond motifs is 1. The molecule has 41 heavy (non-hydrogen) atoms. The van der Waals surface area contributed by atoms with E-state index in [9.17, 15) is 9.59 Å². The van der Waals surface area contributed by atoms with E-state index in [2.05, 4.69) is 41.2 Å². The first-order valence-corrected chi connectivity index (χ1v) is 15.3. The van der Waals surface area contributed by atoms with Crippen LogP contribution in [0, 0.1) is 19.8 Å². The molecule has 0 radical (unpaired) electrons.